The summed E-state index contributed by atoms with van der Waals surface area (Å²) >= 11 is 1.71. The van der Waals surface area contributed by atoms with E-state index in [-0.39, 0.29) is 29.4 Å². The molecule has 0 radical (unpaired) electrons. The van der Waals surface area contributed by atoms with Crippen LogP contribution < -0.4 is 31.4 Å². The third-order valence-electron chi connectivity index (χ3n) is 4.42. The number of anilines is 1. The van der Waals surface area contributed by atoms with Crippen molar-refractivity contribution in [2.45, 2.75) is 30.9 Å². The second-order valence-electron chi connectivity index (χ2n) is 6.43. The zero-order valence-corrected chi connectivity index (χ0v) is 19.4. The molecule has 0 spiro atoms. The molecule has 1 aromatic carbocycles. The van der Waals surface area contributed by atoms with Crippen molar-refractivity contribution in [1.29, 1.82) is 0 Å². The van der Waals surface area contributed by atoms with Crippen LogP contribution in [0.15, 0.2) is 24.3 Å². The predicted molar refractivity (Wildman–Crippen MR) is 108 cm³/mol. The molecular formula is C20H28IN2O4S-. The number of imide groups is 1. The molecule has 156 valence electrons. The summed E-state index contributed by atoms with van der Waals surface area (Å²) in [7, 11) is 0. The van der Waals surface area contributed by atoms with Gasteiger partial charge in [-0.05, 0) is 18.4 Å². The molecule has 0 bridgehead atoms. The number of benzene rings is 1. The van der Waals surface area contributed by atoms with Crippen LogP contribution in [0, 0.1) is 0 Å². The average Bonchev–Trinajstić information content (AvgIpc) is 2.99. The molecule has 2 rings (SSSR count). The minimum absolute atomic E-state index is 0.0243. The molecule has 0 saturated carbocycles. The molecule has 0 aliphatic carbocycles. The van der Waals surface area contributed by atoms with Gasteiger partial charge < -0.3 is 0 Å². The monoisotopic (exact) mass is 519 g/mol. The normalized spacial score (nSPS) is 16.8. The first-order valence-electron chi connectivity index (χ1n) is 9.33. The van der Waals surface area contributed by atoms with Gasteiger partial charge in [0.25, 0.3) is 0 Å². The molecule has 1 aromatic rings. The SMILES string of the molecule is CSC1CC(=O)N(c2ccc(CCC(=O)NCCCOCC[I-]C)cc2)C1=O. The topological polar surface area (TPSA) is 75.7 Å². The first kappa shape index (κ1) is 23.2. The number of carbonyl (C=O) groups is 3. The van der Waals surface area contributed by atoms with Gasteiger partial charge in [-0.3, -0.25) is 9.59 Å². The molecule has 8 heteroatoms. The first-order chi connectivity index (χ1) is 13.6. The van der Waals surface area contributed by atoms with Crippen LogP contribution >= 0.6 is 11.8 Å². The number of aryl methyl sites for hydroxylation is 1. The molecule has 6 nitrogen and oxygen atoms in total. The number of hydrogen-bond donors (Lipinski definition) is 1. The number of thioether (sulfide) groups is 1. The van der Waals surface area contributed by atoms with Gasteiger partial charge in [-0.2, -0.15) is 11.8 Å². The molecule has 1 aliphatic rings. The molecule has 1 N–H and O–H groups in total. The van der Waals surface area contributed by atoms with E-state index >= 15 is 0 Å². The third kappa shape index (κ3) is 7.04. The number of halogens is 1. The summed E-state index contributed by atoms with van der Waals surface area (Å²) in [5.41, 5.74) is 1.61. The fourth-order valence-electron chi connectivity index (χ4n) is 2.85. The van der Waals surface area contributed by atoms with Crippen LogP contribution in [0.5, 0.6) is 0 Å². The Morgan fingerprint density at radius 3 is 2.68 bits per heavy atom. The van der Waals surface area contributed by atoms with Crippen LogP contribution in [-0.4, -0.2) is 58.3 Å². The van der Waals surface area contributed by atoms with Crippen LogP contribution in [0.25, 0.3) is 0 Å². The number of nitrogens with zero attached hydrogens (tertiary/aromatic N) is 1. The molecule has 1 atom stereocenters. The second-order valence-corrected chi connectivity index (χ2v) is 10.1. The van der Waals surface area contributed by atoms with E-state index < -0.39 is 0 Å². The molecule has 1 saturated heterocycles. The van der Waals surface area contributed by atoms with E-state index in [0.29, 0.717) is 52.9 Å². The van der Waals surface area contributed by atoms with Crippen LogP contribution in [0.4, 0.5) is 5.69 Å². The van der Waals surface area contributed by atoms with E-state index in [1.807, 2.05) is 18.4 Å². The summed E-state index contributed by atoms with van der Waals surface area (Å²) in [5.74, 6) is -0.280. The summed E-state index contributed by atoms with van der Waals surface area (Å²) < 4.78 is 6.67. The number of hydrogen-bond acceptors (Lipinski definition) is 5. The van der Waals surface area contributed by atoms with Gasteiger partial charge in [0, 0.05) is 6.42 Å². The number of alkyl halides is 2. The number of ether oxygens (including phenoxy) is 1. The minimum atomic E-state index is -0.283. The van der Waals surface area contributed by atoms with Gasteiger partial charge >= 0.3 is 108 Å². The van der Waals surface area contributed by atoms with Gasteiger partial charge in [-0.25, -0.2) is 4.90 Å². The van der Waals surface area contributed by atoms with Crippen molar-refractivity contribution in [2.24, 2.45) is 0 Å². The molecule has 1 unspecified atom stereocenters. The Bertz CT molecular complexity index is 669. The van der Waals surface area contributed by atoms with Gasteiger partial charge in [0.1, 0.15) is 0 Å². The van der Waals surface area contributed by atoms with Crippen LogP contribution in [0.3, 0.4) is 0 Å². The quantitative estimate of drug-likeness (QED) is 0.164. The number of nitrogens with one attached hydrogen (secondary N) is 1. The Labute approximate surface area is 181 Å². The fourth-order valence-corrected chi connectivity index (χ4v) is 4.22. The van der Waals surface area contributed by atoms with Gasteiger partial charge in [-0.15, -0.1) is 0 Å². The van der Waals surface area contributed by atoms with Gasteiger partial charge in [0.15, 0.2) is 0 Å². The third-order valence-corrected chi connectivity index (χ3v) is 6.88. The maximum absolute atomic E-state index is 12.3. The van der Waals surface area contributed by atoms with Gasteiger partial charge in [0.2, 0.25) is 11.8 Å². The summed E-state index contributed by atoms with van der Waals surface area (Å²) in [6, 6.07) is 7.31. The molecule has 28 heavy (non-hydrogen) atoms. The Morgan fingerprint density at radius 2 is 2.04 bits per heavy atom. The second kappa shape index (κ2) is 12.4. The number of rotatable bonds is 12. The number of amides is 3. The standard InChI is InChI=1S/C20H28IN2O4S/c1-21-10-13-27-12-3-11-22-18(24)9-6-15-4-7-16(8-5-15)23-19(25)14-17(28-2)20(23)26/h4-5,7-8,17H,3,6,9-14H2,1-2H3,(H,22,24)/q-1. The Balaban J connectivity index is 1.70. The van der Waals surface area contributed by atoms with Crippen molar-refractivity contribution in [2.75, 3.05) is 40.3 Å². The van der Waals surface area contributed by atoms with E-state index in [0.717, 1.165) is 18.6 Å². The van der Waals surface area contributed by atoms with E-state index in [1.165, 1.54) is 21.1 Å². The zero-order chi connectivity index (χ0) is 20.4. The van der Waals surface area contributed by atoms with Crippen molar-refractivity contribution in [3.63, 3.8) is 0 Å². The molecule has 1 aliphatic heterocycles. The molecule has 0 aromatic heterocycles. The minimum Gasteiger partial charge on any atom is -0.273 e. The van der Waals surface area contributed by atoms with E-state index in [9.17, 15) is 14.4 Å². The Kier molecular flexibility index (Phi) is 10.3. The van der Waals surface area contributed by atoms with Gasteiger partial charge in [0.05, 0.1) is 10.9 Å². The van der Waals surface area contributed by atoms with Crippen molar-refractivity contribution in [3.05, 3.63) is 29.8 Å². The summed E-state index contributed by atoms with van der Waals surface area (Å²) in [6.45, 7) is 2.16. The maximum atomic E-state index is 12.3. The first-order valence-corrected chi connectivity index (χ1v) is 14.3. The van der Waals surface area contributed by atoms with E-state index in [4.69, 9.17) is 4.74 Å². The van der Waals surface area contributed by atoms with Crippen molar-refractivity contribution in [3.8, 4) is 0 Å². The van der Waals surface area contributed by atoms with Gasteiger partial charge in [-0.1, -0.05) is 0 Å². The van der Waals surface area contributed by atoms with Crippen LogP contribution in [-0.2, 0) is 25.5 Å². The summed E-state index contributed by atoms with van der Waals surface area (Å²) in [5, 5.41) is 2.63. The zero-order valence-electron chi connectivity index (χ0n) is 16.4. The summed E-state index contributed by atoms with van der Waals surface area (Å²) in [6.07, 6.45) is 3.97. The summed E-state index contributed by atoms with van der Waals surface area (Å²) in [4.78, 5) is 39.8. The van der Waals surface area contributed by atoms with Crippen molar-refractivity contribution < 1.29 is 40.3 Å². The van der Waals surface area contributed by atoms with E-state index in [2.05, 4.69) is 10.2 Å². The average molecular weight is 519 g/mol. The van der Waals surface area contributed by atoms with Crippen LogP contribution in [0.2, 0.25) is 0 Å². The van der Waals surface area contributed by atoms with Crippen molar-refractivity contribution >= 4 is 35.2 Å². The van der Waals surface area contributed by atoms with Crippen molar-refractivity contribution in [1.82, 2.24) is 5.32 Å². The number of carbonyl (C=O) groups excluding carboxylic acids is 3. The predicted octanol–water partition coefficient (Wildman–Crippen LogP) is -1.14. The smallest absolute Gasteiger partial charge is 0.273 e. The Morgan fingerprint density at radius 1 is 1.29 bits per heavy atom. The fraction of sp³-hybridized carbons (Fsp3) is 0.550. The Hall–Kier alpha value is -1.13. The molecular weight excluding hydrogens is 491 g/mol. The molecule has 1 fully saturated rings. The molecule has 1 heterocycles. The van der Waals surface area contributed by atoms with Crippen LogP contribution in [0.1, 0.15) is 24.8 Å². The van der Waals surface area contributed by atoms with E-state index in [1.54, 1.807) is 12.1 Å². The molecule has 3 amide bonds.